The monoisotopic (exact) mass is 309 g/mol. The summed E-state index contributed by atoms with van der Waals surface area (Å²) in [5, 5.41) is 0.638. The minimum atomic E-state index is -3.52. The fourth-order valence-electron chi connectivity index (χ4n) is 2.70. The summed E-state index contributed by atoms with van der Waals surface area (Å²) in [6, 6.07) is 3.52. The molecule has 0 unspecified atom stereocenters. The van der Waals surface area contributed by atoms with E-state index in [1.54, 1.807) is 18.3 Å². The van der Waals surface area contributed by atoms with Gasteiger partial charge in [0.25, 0.3) is 0 Å². The van der Waals surface area contributed by atoms with E-state index < -0.39 is 10.0 Å². The molecule has 1 N–H and O–H groups in total. The third-order valence-corrected chi connectivity index (χ3v) is 5.85. The van der Waals surface area contributed by atoms with Gasteiger partial charge < -0.3 is 9.72 Å². The molecule has 1 saturated heterocycles. The van der Waals surface area contributed by atoms with E-state index >= 15 is 0 Å². The zero-order valence-corrected chi connectivity index (χ0v) is 12.8. The van der Waals surface area contributed by atoms with Gasteiger partial charge in [0.15, 0.2) is 0 Å². The number of aromatic nitrogens is 2. The van der Waals surface area contributed by atoms with E-state index in [0.29, 0.717) is 35.6 Å². The van der Waals surface area contributed by atoms with Crippen LogP contribution in [0.3, 0.4) is 0 Å². The molecule has 7 heteroatoms. The lowest BCUT2D eigenvalue weighted by molar-refractivity contribution is 0.181. The van der Waals surface area contributed by atoms with E-state index in [4.69, 9.17) is 4.74 Å². The SMILES string of the molecule is CCN(C[C@H]1CCOC1)S(=O)(=O)c1c[nH]c2ncccc12. The number of nitrogens with zero attached hydrogens (tertiary/aromatic N) is 2. The van der Waals surface area contributed by atoms with Crippen molar-refractivity contribution in [1.29, 1.82) is 0 Å². The van der Waals surface area contributed by atoms with Gasteiger partial charge in [0, 0.05) is 37.5 Å². The molecule has 6 nitrogen and oxygen atoms in total. The Labute approximate surface area is 124 Å². The molecule has 0 aromatic carbocycles. The van der Waals surface area contributed by atoms with Crippen molar-refractivity contribution >= 4 is 21.1 Å². The van der Waals surface area contributed by atoms with Crippen LogP contribution in [0.5, 0.6) is 0 Å². The number of sulfonamides is 1. The summed E-state index contributed by atoms with van der Waals surface area (Å²) in [7, 11) is -3.52. The Morgan fingerprint density at radius 2 is 2.38 bits per heavy atom. The fraction of sp³-hybridized carbons (Fsp3) is 0.500. The molecule has 21 heavy (non-hydrogen) atoms. The predicted molar refractivity (Wildman–Crippen MR) is 79.5 cm³/mol. The van der Waals surface area contributed by atoms with Gasteiger partial charge in [0.1, 0.15) is 10.5 Å². The molecule has 1 aliphatic heterocycles. The van der Waals surface area contributed by atoms with Crippen LogP contribution in [0.2, 0.25) is 0 Å². The summed E-state index contributed by atoms with van der Waals surface area (Å²) in [5.74, 6) is 0.281. The zero-order valence-electron chi connectivity index (χ0n) is 11.9. The first-order valence-electron chi connectivity index (χ1n) is 7.13. The van der Waals surface area contributed by atoms with Crippen molar-refractivity contribution in [3.8, 4) is 0 Å². The van der Waals surface area contributed by atoms with E-state index in [1.165, 1.54) is 10.5 Å². The summed E-state index contributed by atoms with van der Waals surface area (Å²) in [5.41, 5.74) is 0.594. The van der Waals surface area contributed by atoms with Gasteiger partial charge >= 0.3 is 0 Å². The van der Waals surface area contributed by atoms with E-state index in [1.807, 2.05) is 6.92 Å². The second kappa shape index (κ2) is 5.75. The smallest absolute Gasteiger partial charge is 0.245 e. The molecule has 0 bridgehead atoms. The quantitative estimate of drug-likeness (QED) is 0.910. The lowest BCUT2D eigenvalue weighted by Crippen LogP contribution is -2.35. The number of rotatable bonds is 5. The summed E-state index contributed by atoms with van der Waals surface area (Å²) in [6.07, 6.45) is 4.09. The van der Waals surface area contributed by atoms with Gasteiger partial charge in [0.05, 0.1) is 6.61 Å². The second-order valence-electron chi connectivity index (χ2n) is 5.24. The molecule has 1 atom stereocenters. The lowest BCUT2D eigenvalue weighted by atomic mass is 10.1. The Hall–Kier alpha value is -1.44. The van der Waals surface area contributed by atoms with Crippen LogP contribution in [0, 0.1) is 5.92 Å². The Morgan fingerprint density at radius 1 is 1.52 bits per heavy atom. The Bertz CT molecular complexity index is 720. The van der Waals surface area contributed by atoms with Crippen LogP contribution in [-0.4, -0.2) is 49.0 Å². The predicted octanol–water partition coefficient (Wildman–Crippen LogP) is 1.61. The highest BCUT2D eigenvalue weighted by atomic mass is 32.2. The van der Waals surface area contributed by atoms with Crippen molar-refractivity contribution in [2.75, 3.05) is 26.3 Å². The largest absolute Gasteiger partial charge is 0.381 e. The first-order valence-corrected chi connectivity index (χ1v) is 8.57. The van der Waals surface area contributed by atoms with Crippen LogP contribution in [0.15, 0.2) is 29.4 Å². The second-order valence-corrected chi connectivity index (χ2v) is 7.14. The third kappa shape index (κ3) is 2.68. The van der Waals surface area contributed by atoms with E-state index in [2.05, 4.69) is 9.97 Å². The van der Waals surface area contributed by atoms with Crippen LogP contribution in [0.1, 0.15) is 13.3 Å². The highest BCUT2D eigenvalue weighted by Crippen LogP contribution is 2.26. The van der Waals surface area contributed by atoms with Gasteiger partial charge in [-0.2, -0.15) is 4.31 Å². The number of fused-ring (bicyclic) bond motifs is 1. The number of H-pyrrole nitrogens is 1. The third-order valence-electron chi connectivity index (χ3n) is 3.87. The molecule has 1 aliphatic rings. The molecule has 0 amide bonds. The number of aromatic amines is 1. The van der Waals surface area contributed by atoms with Crippen molar-refractivity contribution in [2.45, 2.75) is 18.2 Å². The number of hydrogen-bond donors (Lipinski definition) is 1. The lowest BCUT2D eigenvalue weighted by Gasteiger charge is -2.22. The van der Waals surface area contributed by atoms with Crippen LogP contribution < -0.4 is 0 Å². The topological polar surface area (TPSA) is 75.3 Å². The van der Waals surface area contributed by atoms with Crippen LogP contribution >= 0.6 is 0 Å². The molecule has 114 valence electrons. The maximum Gasteiger partial charge on any atom is 0.245 e. The highest BCUT2D eigenvalue weighted by molar-refractivity contribution is 7.89. The standard InChI is InChI=1S/C14H19N3O3S/c1-2-17(9-11-5-7-20-10-11)21(18,19)13-8-16-14-12(13)4-3-6-15-14/h3-4,6,8,11H,2,5,7,9-10H2,1H3,(H,15,16)/t11-/m1/s1. The normalized spacial score (nSPS) is 19.6. The van der Waals surface area contributed by atoms with Gasteiger partial charge in [-0.15, -0.1) is 0 Å². The average molecular weight is 309 g/mol. The van der Waals surface area contributed by atoms with Gasteiger partial charge in [-0.25, -0.2) is 13.4 Å². The maximum atomic E-state index is 12.9. The average Bonchev–Trinajstić information content (AvgIpc) is 3.13. The van der Waals surface area contributed by atoms with Crippen molar-refractivity contribution in [3.63, 3.8) is 0 Å². The minimum absolute atomic E-state index is 0.281. The molecular weight excluding hydrogens is 290 g/mol. The van der Waals surface area contributed by atoms with Crippen molar-refractivity contribution in [2.24, 2.45) is 5.92 Å². The molecule has 0 saturated carbocycles. The zero-order chi connectivity index (χ0) is 14.9. The molecule has 0 aliphatic carbocycles. The molecule has 1 fully saturated rings. The van der Waals surface area contributed by atoms with E-state index in [9.17, 15) is 8.42 Å². The van der Waals surface area contributed by atoms with Crippen molar-refractivity contribution in [1.82, 2.24) is 14.3 Å². The van der Waals surface area contributed by atoms with Gasteiger partial charge in [0.2, 0.25) is 10.0 Å². The molecule has 0 radical (unpaired) electrons. The first-order chi connectivity index (χ1) is 10.1. The number of hydrogen-bond acceptors (Lipinski definition) is 4. The molecule has 0 spiro atoms. The summed E-state index contributed by atoms with van der Waals surface area (Å²) in [4.78, 5) is 7.37. The molecule has 3 rings (SSSR count). The van der Waals surface area contributed by atoms with E-state index in [-0.39, 0.29) is 5.92 Å². The van der Waals surface area contributed by atoms with Gasteiger partial charge in [-0.1, -0.05) is 6.92 Å². The van der Waals surface area contributed by atoms with Gasteiger partial charge in [-0.3, -0.25) is 0 Å². The molecular formula is C14H19N3O3S. The van der Waals surface area contributed by atoms with E-state index in [0.717, 1.165) is 13.0 Å². The first kappa shape index (κ1) is 14.5. The summed E-state index contributed by atoms with van der Waals surface area (Å²) >= 11 is 0. The van der Waals surface area contributed by atoms with Crippen LogP contribution in [0.4, 0.5) is 0 Å². The number of pyridine rings is 1. The Morgan fingerprint density at radius 3 is 3.10 bits per heavy atom. The van der Waals surface area contributed by atoms with Gasteiger partial charge in [-0.05, 0) is 24.5 Å². The van der Waals surface area contributed by atoms with Crippen LogP contribution in [-0.2, 0) is 14.8 Å². The highest BCUT2D eigenvalue weighted by Gasteiger charge is 2.29. The van der Waals surface area contributed by atoms with Crippen molar-refractivity contribution in [3.05, 3.63) is 24.5 Å². The Kier molecular flexibility index (Phi) is 3.97. The number of ether oxygens (including phenoxy) is 1. The Balaban J connectivity index is 1.93. The minimum Gasteiger partial charge on any atom is -0.381 e. The number of nitrogens with one attached hydrogen (secondary N) is 1. The molecule has 3 heterocycles. The maximum absolute atomic E-state index is 12.9. The van der Waals surface area contributed by atoms with Crippen molar-refractivity contribution < 1.29 is 13.2 Å². The fourth-order valence-corrected chi connectivity index (χ4v) is 4.37. The van der Waals surface area contributed by atoms with Crippen LogP contribution in [0.25, 0.3) is 11.0 Å². The molecule has 2 aromatic heterocycles. The molecule has 2 aromatic rings. The summed E-state index contributed by atoms with van der Waals surface area (Å²) in [6.45, 7) is 4.18. The summed E-state index contributed by atoms with van der Waals surface area (Å²) < 4.78 is 32.6.